The number of nitrogen functional groups attached to an aromatic ring is 1. The SMILES string of the molecule is CC(=O)c1cc(Br)cc(OC(F)F)c1N. The first kappa shape index (κ1) is 11.9. The first-order valence-electron chi connectivity index (χ1n) is 3.96. The molecule has 3 nitrogen and oxygen atoms in total. The number of carbonyl (C=O) groups is 1. The van der Waals surface area contributed by atoms with Crippen LogP contribution < -0.4 is 10.5 Å². The molecule has 0 spiro atoms. The Labute approximate surface area is 93.3 Å². The van der Waals surface area contributed by atoms with Crippen molar-refractivity contribution >= 4 is 27.4 Å². The van der Waals surface area contributed by atoms with Crippen molar-refractivity contribution in [2.24, 2.45) is 0 Å². The lowest BCUT2D eigenvalue weighted by Gasteiger charge is -2.10. The van der Waals surface area contributed by atoms with E-state index in [9.17, 15) is 13.6 Å². The molecular weight excluding hydrogens is 272 g/mol. The second-order valence-corrected chi connectivity index (χ2v) is 3.72. The van der Waals surface area contributed by atoms with Gasteiger partial charge >= 0.3 is 6.61 Å². The Hall–Kier alpha value is -1.17. The monoisotopic (exact) mass is 279 g/mol. The Kier molecular flexibility index (Phi) is 3.62. The summed E-state index contributed by atoms with van der Waals surface area (Å²) < 4.78 is 28.6. The van der Waals surface area contributed by atoms with Crippen LogP contribution in [-0.4, -0.2) is 12.4 Å². The number of rotatable bonds is 3. The third-order valence-electron chi connectivity index (χ3n) is 1.70. The summed E-state index contributed by atoms with van der Waals surface area (Å²) in [6.45, 7) is -1.67. The molecule has 0 atom stereocenters. The number of Topliss-reactive ketones (excluding diaryl/α,β-unsaturated/α-hetero) is 1. The Morgan fingerprint density at radius 1 is 1.53 bits per heavy atom. The van der Waals surface area contributed by atoms with Crippen LogP contribution in [0.4, 0.5) is 14.5 Å². The van der Waals surface area contributed by atoms with E-state index >= 15 is 0 Å². The number of alkyl halides is 2. The van der Waals surface area contributed by atoms with E-state index in [1.165, 1.54) is 19.1 Å². The van der Waals surface area contributed by atoms with Gasteiger partial charge in [-0.1, -0.05) is 15.9 Å². The minimum Gasteiger partial charge on any atom is -0.433 e. The number of anilines is 1. The third-order valence-corrected chi connectivity index (χ3v) is 2.16. The fourth-order valence-electron chi connectivity index (χ4n) is 1.08. The zero-order valence-corrected chi connectivity index (χ0v) is 9.35. The van der Waals surface area contributed by atoms with Gasteiger partial charge in [0.05, 0.1) is 5.69 Å². The maximum Gasteiger partial charge on any atom is 0.387 e. The van der Waals surface area contributed by atoms with Crippen LogP contribution in [0.1, 0.15) is 17.3 Å². The van der Waals surface area contributed by atoms with Gasteiger partial charge in [-0.05, 0) is 19.1 Å². The topological polar surface area (TPSA) is 52.3 Å². The van der Waals surface area contributed by atoms with Crippen molar-refractivity contribution in [1.82, 2.24) is 0 Å². The maximum atomic E-state index is 12.0. The molecule has 82 valence electrons. The molecule has 0 aliphatic carbocycles. The minimum absolute atomic E-state index is 0.0778. The van der Waals surface area contributed by atoms with Crippen LogP contribution in [0.15, 0.2) is 16.6 Å². The van der Waals surface area contributed by atoms with Gasteiger partial charge in [-0.3, -0.25) is 4.79 Å². The molecule has 1 aromatic carbocycles. The lowest BCUT2D eigenvalue weighted by Crippen LogP contribution is -2.07. The van der Waals surface area contributed by atoms with Gasteiger partial charge in [0.1, 0.15) is 0 Å². The molecule has 0 aromatic heterocycles. The quantitative estimate of drug-likeness (QED) is 0.684. The van der Waals surface area contributed by atoms with Crippen LogP contribution in [-0.2, 0) is 0 Å². The van der Waals surface area contributed by atoms with E-state index < -0.39 is 6.61 Å². The molecule has 1 aromatic rings. The summed E-state index contributed by atoms with van der Waals surface area (Å²) >= 11 is 3.07. The first-order chi connectivity index (χ1) is 6.91. The van der Waals surface area contributed by atoms with Crippen molar-refractivity contribution in [2.75, 3.05) is 5.73 Å². The number of hydrogen-bond acceptors (Lipinski definition) is 3. The van der Waals surface area contributed by atoms with Gasteiger partial charge < -0.3 is 10.5 Å². The normalized spacial score (nSPS) is 10.5. The fraction of sp³-hybridized carbons (Fsp3) is 0.222. The predicted octanol–water partition coefficient (Wildman–Crippen LogP) is 2.84. The predicted molar refractivity (Wildman–Crippen MR) is 55.2 cm³/mol. The first-order valence-corrected chi connectivity index (χ1v) is 4.76. The molecule has 0 radical (unpaired) electrons. The van der Waals surface area contributed by atoms with Crippen molar-refractivity contribution in [1.29, 1.82) is 0 Å². The molecule has 0 aliphatic rings. The summed E-state index contributed by atoms with van der Waals surface area (Å²) in [5, 5.41) is 0. The largest absolute Gasteiger partial charge is 0.433 e. The van der Waals surface area contributed by atoms with Crippen LogP contribution in [0.2, 0.25) is 0 Å². The van der Waals surface area contributed by atoms with Crippen LogP contribution in [0.5, 0.6) is 5.75 Å². The zero-order chi connectivity index (χ0) is 11.6. The van der Waals surface area contributed by atoms with E-state index in [1.807, 2.05) is 0 Å². The minimum atomic E-state index is -2.97. The van der Waals surface area contributed by atoms with Gasteiger partial charge in [-0.2, -0.15) is 8.78 Å². The summed E-state index contributed by atoms with van der Waals surface area (Å²) in [7, 11) is 0. The summed E-state index contributed by atoms with van der Waals surface area (Å²) in [6.07, 6.45) is 0. The average Bonchev–Trinajstić information content (AvgIpc) is 2.09. The molecule has 2 N–H and O–H groups in total. The van der Waals surface area contributed by atoms with Crippen molar-refractivity contribution in [3.63, 3.8) is 0 Å². The second kappa shape index (κ2) is 4.57. The lowest BCUT2D eigenvalue weighted by atomic mass is 10.1. The molecule has 6 heteroatoms. The van der Waals surface area contributed by atoms with Crippen molar-refractivity contribution in [3.05, 3.63) is 22.2 Å². The molecule has 0 unspecified atom stereocenters. The Morgan fingerprint density at radius 2 is 2.13 bits per heavy atom. The van der Waals surface area contributed by atoms with E-state index in [2.05, 4.69) is 20.7 Å². The number of ether oxygens (including phenoxy) is 1. The Bertz CT molecular complexity index is 396. The summed E-state index contributed by atoms with van der Waals surface area (Å²) in [6, 6.07) is 2.74. The van der Waals surface area contributed by atoms with Crippen molar-refractivity contribution in [3.8, 4) is 5.75 Å². The van der Waals surface area contributed by atoms with Gasteiger partial charge in [-0.15, -0.1) is 0 Å². The smallest absolute Gasteiger partial charge is 0.387 e. The highest BCUT2D eigenvalue weighted by Gasteiger charge is 2.14. The van der Waals surface area contributed by atoms with E-state index in [0.717, 1.165) is 0 Å². The van der Waals surface area contributed by atoms with E-state index in [1.54, 1.807) is 0 Å². The zero-order valence-electron chi connectivity index (χ0n) is 7.76. The maximum absolute atomic E-state index is 12.0. The highest BCUT2D eigenvalue weighted by molar-refractivity contribution is 9.10. The van der Waals surface area contributed by atoms with Gasteiger partial charge in [0, 0.05) is 10.0 Å². The Balaban J connectivity index is 3.22. The highest BCUT2D eigenvalue weighted by Crippen LogP contribution is 2.31. The molecule has 0 amide bonds. The van der Waals surface area contributed by atoms with E-state index in [4.69, 9.17) is 5.73 Å². The Morgan fingerprint density at radius 3 is 2.60 bits per heavy atom. The number of nitrogens with two attached hydrogens (primary N) is 1. The van der Waals surface area contributed by atoms with Crippen LogP contribution >= 0.6 is 15.9 Å². The number of carbonyl (C=O) groups excluding carboxylic acids is 1. The molecule has 0 bridgehead atoms. The van der Waals surface area contributed by atoms with E-state index in [0.29, 0.717) is 4.47 Å². The van der Waals surface area contributed by atoms with Gasteiger partial charge in [-0.25, -0.2) is 0 Å². The van der Waals surface area contributed by atoms with Crippen LogP contribution in [0.3, 0.4) is 0 Å². The molecule has 0 aliphatic heterocycles. The van der Waals surface area contributed by atoms with Gasteiger partial charge in [0.25, 0.3) is 0 Å². The lowest BCUT2D eigenvalue weighted by molar-refractivity contribution is -0.0494. The molecule has 1 rings (SSSR count). The molecule has 0 heterocycles. The molecular formula is C9H8BrF2NO2. The second-order valence-electron chi connectivity index (χ2n) is 2.80. The number of ketones is 1. The number of benzene rings is 1. The standard InChI is InChI=1S/C9H8BrF2NO2/c1-4(14)6-2-5(10)3-7(8(6)13)15-9(11)12/h2-3,9H,13H2,1H3. The van der Waals surface area contributed by atoms with Gasteiger partial charge in [0.15, 0.2) is 11.5 Å². The number of halogens is 3. The van der Waals surface area contributed by atoms with Crippen LogP contribution in [0, 0.1) is 0 Å². The van der Waals surface area contributed by atoms with Gasteiger partial charge in [0.2, 0.25) is 0 Å². The molecule has 15 heavy (non-hydrogen) atoms. The summed E-state index contributed by atoms with van der Waals surface area (Å²) in [4.78, 5) is 11.1. The molecule has 0 saturated heterocycles. The highest BCUT2D eigenvalue weighted by atomic mass is 79.9. The molecule has 0 fully saturated rings. The summed E-state index contributed by atoms with van der Waals surface area (Å²) in [5.41, 5.74) is 5.58. The summed E-state index contributed by atoms with van der Waals surface area (Å²) in [5.74, 6) is -0.516. The van der Waals surface area contributed by atoms with Crippen LogP contribution in [0.25, 0.3) is 0 Å². The third kappa shape index (κ3) is 2.89. The van der Waals surface area contributed by atoms with Crippen molar-refractivity contribution < 1.29 is 18.3 Å². The van der Waals surface area contributed by atoms with E-state index in [-0.39, 0.29) is 22.8 Å². The van der Waals surface area contributed by atoms with Crippen molar-refractivity contribution in [2.45, 2.75) is 13.5 Å². The average molecular weight is 280 g/mol. The number of hydrogen-bond donors (Lipinski definition) is 1. The fourth-order valence-corrected chi connectivity index (χ4v) is 1.51. The molecule has 0 saturated carbocycles.